The van der Waals surface area contributed by atoms with Gasteiger partial charge in [0.1, 0.15) is 5.82 Å². The number of halogens is 5. The summed E-state index contributed by atoms with van der Waals surface area (Å²) in [7, 11) is 0. The number of alkyl halides is 2. The summed E-state index contributed by atoms with van der Waals surface area (Å²) >= 11 is 6.10. The molecule has 34 heavy (non-hydrogen) atoms. The van der Waals surface area contributed by atoms with Crippen molar-refractivity contribution in [3.8, 4) is 0 Å². The van der Waals surface area contributed by atoms with Crippen LogP contribution in [-0.2, 0) is 23.7 Å². The zero-order valence-electron chi connectivity index (χ0n) is 18.6. The molecule has 10 heteroatoms. The first-order chi connectivity index (χ1) is 15.6. The predicted molar refractivity (Wildman–Crippen MR) is 135 cm³/mol. The number of rotatable bonds is 8. The smallest absolute Gasteiger partial charge is 0.290 e. The molecule has 0 spiro atoms. The zero-order valence-corrected chi connectivity index (χ0v) is 20.2. The highest BCUT2D eigenvalue weighted by Crippen LogP contribution is 2.31. The number of nitrogen functional groups attached to an aromatic ring is 1. The van der Waals surface area contributed by atoms with Gasteiger partial charge in [0.25, 0.3) is 5.92 Å². The molecule has 0 bridgehead atoms. The Kier molecular flexibility index (Phi) is 9.18. The van der Waals surface area contributed by atoms with Gasteiger partial charge in [-0.1, -0.05) is 41.9 Å². The summed E-state index contributed by atoms with van der Waals surface area (Å²) in [5.41, 5.74) is 7.65. The average Bonchev–Trinajstić information content (AvgIpc) is 2.76. The fourth-order valence-electron chi connectivity index (χ4n) is 3.45. The molecule has 0 aliphatic carbocycles. The lowest BCUT2D eigenvalue weighted by atomic mass is 10.1. The van der Waals surface area contributed by atoms with Gasteiger partial charge in [-0.3, -0.25) is 4.79 Å². The van der Waals surface area contributed by atoms with E-state index < -0.39 is 24.2 Å². The maximum Gasteiger partial charge on any atom is 0.290 e. The zero-order chi connectivity index (χ0) is 24.2. The summed E-state index contributed by atoms with van der Waals surface area (Å²) in [6.07, 6.45) is -0.351. The van der Waals surface area contributed by atoms with Crippen molar-refractivity contribution in [1.82, 2.24) is 10.3 Å². The number of hydrogen-bond acceptors (Lipinski definition) is 4. The van der Waals surface area contributed by atoms with Crippen molar-refractivity contribution in [2.75, 3.05) is 17.6 Å². The number of amides is 1. The van der Waals surface area contributed by atoms with Crippen LogP contribution in [0, 0.1) is 19.7 Å². The van der Waals surface area contributed by atoms with E-state index in [2.05, 4.69) is 15.6 Å². The van der Waals surface area contributed by atoms with Gasteiger partial charge in [-0.15, -0.1) is 12.4 Å². The predicted octanol–water partition coefficient (Wildman–Crippen LogP) is 6.05. The van der Waals surface area contributed by atoms with Crippen LogP contribution >= 0.6 is 24.0 Å². The highest BCUT2D eigenvalue weighted by atomic mass is 35.5. The van der Waals surface area contributed by atoms with E-state index in [1.807, 2.05) is 6.92 Å². The lowest BCUT2D eigenvalue weighted by molar-refractivity contribution is -0.120. The monoisotopic (exact) mass is 516 g/mol. The van der Waals surface area contributed by atoms with Gasteiger partial charge in [0.05, 0.1) is 18.7 Å². The van der Waals surface area contributed by atoms with Crippen LogP contribution in [0.15, 0.2) is 48.5 Å². The molecule has 0 saturated heterocycles. The molecule has 0 fully saturated rings. The number of nitrogens with two attached hydrogens (primary N) is 1. The number of aryl methyl sites for hydroxylation is 2. The average molecular weight is 517 g/mol. The topological polar surface area (TPSA) is 80.0 Å². The summed E-state index contributed by atoms with van der Waals surface area (Å²) in [4.78, 5) is 16.6. The fraction of sp³-hybridized carbons (Fsp3) is 0.250. The highest BCUT2D eigenvalue weighted by Gasteiger charge is 2.31. The van der Waals surface area contributed by atoms with E-state index in [-0.39, 0.29) is 50.1 Å². The van der Waals surface area contributed by atoms with Crippen LogP contribution in [-0.4, -0.2) is 17.4 Å². The van der Waals surface area contributed by atoms with E-state index in [1.54, 1.807) is 19.1 Å². The van der Waals surface area contributed by atoms with Gasteiger partial charge >= 0.3 is 0 Å². The van der Waals surface area contributed by atoms with Crippen molar-refractivity contribution >= 4 is 41.4 Å². The molecule has 3 rings (SSSR count). The van der Waals surface area contributed by atoms with E-state index in [1.165, 1.54) is 36.4 Å². The van der Waals surface area contributed by atoms with Crippen molar-refractivity contribution in [3.05, 3.63) is 87.3 Å². The molecule has 2 aromatic carbocycles. The van der Waals surface area contributed by atoms with Gasteiger partial charge in [0.2, 0.25) is 5.91 Å². The Morgan fingerprint density at radius 3 is 2.47 bits per heavy atom. The van der Waals surface area contributed by atoms with Gasteiger partial charge in [0, 0.05) is 31.2 Å². The first kappa shape index (κ1) is 27.3. The molecule has 0 radical (unpaired) electrons. The summed E-state index contributed by atoms with van der Waals surface area (Å²) in [6, 6.07) is 11.6. The van der Waals surface area contributed by atoms with Gasteiger partial charge in [0.15, 0.2) is 5.82 Å². The number of nitrogens with zero attached hydrogens (tertiary/aromatic N) is 1. The third-order valence-electron chi connectivity index (χ3n) is 5.26. The summed E-state index contributed by atoms with van der Waals surface area (Å²) in [5.74, 6) is -4.15. The molecule has 4 N–H and O–H groups in total. The van der Waals surface area contributed by atoms with Crippen LogP contribution in [0.2, 0.25) is 5.02 Å². The molecule has 186 valence electrons. The number of hydrogen-bond donors (Lipinski definition) is 3. The van der Waals surface area contributed by atoms with Crippen molar-refractivity contribution in [3.63, 3.8) is 0 Å². The Bertz CT molecular complexity index is 1150. The summed E-state index contributed by atoms with van der Waals surface area (Å²) < 4.78 is 43.9. The molecule has 0 saturated carbocycles. The van der Waals surface area contributed by atoms with E-state index >= 15 is 4.39 Å². The van der Waals surface area contributed by atoms with E-state index in [4.69, 9.17) is 17.3 Å². The SMILES string of the molecule is Cc1cc(N)nc(C)c1CNC(=O)Cc1c(Cl)ccc(NCC(F)(F)c2ccccc2)c1F.Cl.[HH].[HH]. The second kappa shape index (κ2) is 11.4. The van der Waals surface area contributed by atoms with Crippen LogP contribution in [0.3, 0.4) is 0 Å². The van der Waals surface area contributed by atoms with Gasteiger partial charge in [-0.25, -0.2) is 9.37 Å². The minimum atomic E-state index is -3.21. The molecule has 1 amide bonds. The van der Waals surface area contributed by atoms with E-state index in [0.717, 1.165) is 11.1 Å². The maximum atomic E-state index is 15.0. The van der Waals surface area contributed by atoms with Gasteiger partial charge < -0.3 is 16.4 Å². The standard InChI is InChI=1S/C24H24ClF3N4O.ClH.2H2/c1-14-10-21(29)32-15(2)18(14)12-30-22(33)11-17-19(25)8-9-20(23(17)26)31-13-24(27,28)16-6-4-3-5-7-16;;;/h3-10,31H,11-13H2,1-2H3,(H2,29,32)(H,30,33);3*1H. The van der Waals surface area contributed by atoms with E-state index in [0.29, 0.717) is 11.5 Å². The molecule has 1 aromatic heterocycles. The maximum absolute atomic E-state index is 15.0. The Hall–Kier alpha value is -2.97. The van der Waals surface area contributed by atoms with Crippen molar-refractivity contribution in [2.45, 2.75) is 32.7 Å². The summed E-state index contributed by atoms with van der Waals surface area (Å²) in [6.45, 7) is 3.00. The Balaban J connectivity index is 0.00000408. The number of carbonyl (C=O) groups is 1. The number of aromatic nitrogens is 1. The number of benzene rings is 2. The first-order valence-electron chi connectivity index (χ1n) is 10.2. The largest absolute Gasteiger partial charge is 0.384 e. The molecule has 1 heterocycles. The molecule has 0 atom stereocenters. The lowest BCUT2D eigenvalue weighted by Crippen LogP contribution is -2.27. The second-order valence-electron chi connectivity index (χ2n) is 7.69. The third kappa shape index (κ3) is 6.55. The second-order valence-corrected chi connectivity index (χ2v) is 8.10. The lowest BCUT2D eigenvalue weighted by Gasteiger charge is -2.19. The minimum absolute atomic E-state index is 0. The van der Waals surface area contributed by atoms with Crippen LogP contribution in [0.1, 0.15) is 30.8 Å². The number of anilines is 2. The molecule has 0 aliphatic rings. The molecule has 0 aliphatic heterocycles. The van der Waals surface area contributed by atoms with Crippen LogP contribution in [0.5, 0.6) is 0 Å². The quantitative estimate of drug-likeness (QED) is 0.340. The molecule has 5 nitrogen and oxygen atoms in total. The Labute approximate surface area is 210 Å². The number of nitrogens with one attached hydrogen (secondary N) is 2. The van der Waals surface area contributed by atoms with Crippen LogP contribution < -0.4 is 16.4 Å². The van der Waals surface area contributed by atoms with Crippen LogP contribution in [0.25, 0.3) is 0 Å². The van der Waals surface area contributed by atoms with Crippen molar-refractivity contribution < 1.29 is 20.8 Å². The molecule has 0 unspecified atom stereocenters. The van der Waals surface area contributed by atoms with Gasteiger partial charge in [-0.2, -0.15) is 8.78 Å². The Morgan fingerprint density at radius 2 is 1.82 bits per heavy atom. The van der Waals surface area contributed by atoms with Crippen LogP contribution in [0.4, 0.5) is 24.7 Å². The van der Waals surface area contributed by atoms with Crippen molar-refractivity contribution in [1.29, 1.82) is 0 Å². The summed E-state index contributed by atoms with van der Waals surface area (Å²) in [5, 5.41) is 5.18. The minimum Gasteiger partial charge on any atom is -0.384 e. The fourth-order valence-corrected chi connectivity index (χ4v) is 3.66. The first-order valence-corrected chi connectivity index (χ1v) is 10.6. The highest BCUT2D eigenvalue weighted by molar-refractivity contribution is 6.31. The van der Waals surface area contributed by atoms with E-state index in [9.17, 15) is 13.6 Å². The normalized spacial score (nSPS) is 11.0. The molecule has 3 aromatic rings. The van der Waals surface area contributed by atoms with Gasteiger partial charge in [-0.05, 0) is 43.2 Å². The molecular weight excluding hydrogens is 488 g/mol. The van der Waals surface area contributed by atoms with Crippen molar-refractivity contribution in [2.24, 2.45) is 0 Å². The molecular formula is C24H29Cl2F3N4O. The Morgan fingerprint density at radius 1 is 1.15 bits per heavy atom. The number of pyridine rings is 1. The third-order valence-corrected chi connectivity index (χ3v) is 5.61. The number of carbonyl (C=O) groups excluding carboxylic acids is 1.